The number of nitrogens with one attached hydrogen (secondary N) is 1. The molecule has 2 heterocycles. The molecule has 0 aliphatic rings. The van der Waals surface area contributed by atoms with Gasteiger partial charge in [-0.1, -0.05) is 12.1 Å². The summed E-state index contributed by atoms with van der Waals surface area (Å²) < 4.78 is 1.97. The summed E-state index contributed by atoms with van der Waals surface area (Å²) in [5.41, 5.74) is 1.68. The van der Waals surface area contributed by atoms with E-state index < -0.39 is 0 Å². The molecule has 0 bridgehead atoms. The van der Waals surface area contributed by atoms with Crippen LogP contribution in [0.3, 0.4) is 0 Å². The van der Waals surface area contributed by atoms with E-state index in [4.69, 9.17) is 0 Å². The quantitative estimate of drug-likeness (QED) is 0.658. The number of benzene rings is 1. The van der Waals surface area contributed by atoms with Crippen molar-refractivity contribution in [1.29, 1.82) is 0 Å². The molecule has 0 saturated carbocycles. The molecule has 0 fully saturated rings. The lowest BCUT2D eigenvalue weighted by Crippen LogP contribution is -2.26. The van der Waals surface area contributed by atoms with Crippen LogP contribution in [0.2, 0.25) is 0 Å². The van der Waals surface area contributed by atoms with E-state index in [2.05, 4.69) is 25.3 Å². The average molecular weight is 380 g/mol. The number of hydrogen-bond acceptors (Lipinski definition) is 7. The number of rotatable bonds is 7. The Hall–Kier alpha value is -3.49. The first-order valence-electron chi connectivity index (χ1n) is 8.85. The molecule has 1 aromatic carbocycles. The molecule has 3 rings (SSSR count). The van der Waals surface area contributed by atoms with Crippen molar-refractivity contribution in [2.45, 2.75) is 13.1 Å². The maximum Gasteiger partial charge on any atom is 0.251 e. The summed E-state index contributed by atoms with van der Waals surface area (Å²) in [5, 5.41) is 2.87. The van der Waals surface area contributed by atoms with E-state index in [1.807, 2.05) is 63.2 Å². The Morgan fingerprint density at radius 2 is 1.64 bits per heavy atom. The molecule has 0 atom stereocenters. The van der Waals surface area contributed by atoms with Gasteiger partial charge in [-0.15, -0.1) is 0 Å². The van der Waals surface area contributed by atoms with E-state index in [0.717, 1.165) is 5.56 Å². The highest BCUT2D eigenvalue weighted by Crippen LogP contribution is 2.11. The summed E-state index contributed by atoms with van der Waals surface area (Å²) in [7, 11) is 7.45. The third kappa shape index (κ3) is 4.81. The molecule has 0 aliphatic heterocycles. The molecule has 0 aliphatic carbocycles. The zero-order chi connectivity index (χ0) is 20.1. The smallest absolute Gasteiger partial charge is 0.251 e. The van der Waals surface area contributed by atoms with Crippen molar-refractivity contribution in [2.75, 3.05) is 38.0 Å². The van der Waals surface area contributed by atoms with Crippen LogP contribution in [-0.2, 0) is 13.1 Å². The van der Waals surface area contributed by atoms with Crippen LogP contribution in [-0.4, -0.2) is 58.6 Å². The first-order valence-corrected chi connectivity index (χ1v) is 8.85. The van der Waals surface area contributed by atoms with Crippen molar-refractivity contribution < 1.29 is 4.79 Å². The Morgan fingerprint density at radius 1 is 1.00 bits per heavy atom. The van der Waals surface area contributed by atoms with Gasteiger partial charge in [0.1, 0.15) is 0 Å². The van der Waals surface area contributed by atoms with Gasteiger partial charge in [-0.05, 0) is 17.7 Å². The average Bonchev–Trinajstić information content (AvgIpc) is 3.19. The number of anilines is 2. The second-order valence-corrected chi connectivity index (χ2v) is 6.76. The zero-order valence-electron chi connectivity index (χ0n) is 16.5. The van der Waals surface area contributed by atoms with Gasteiger partial charge < -0.3 is 19.7 Å². The summed E-state index contributed by atoms with van der Waals surface area (Å²) in [6, 6.07) is 7.50. The highest BCUT2D eigenvalue weighted by molar-refractivity contribution is 5.94. The van der Waals surface area contributed by atoms with Gasteiger partial charge in [0, 0.05) is 52.7 Å². The van der Waals surface area contributed by atoms with Crippen LogP contribution in [0.25, 0.3) is 0 Å². The molecular formula is C19H24N8O. The van der Waals surface area contributed by atoms with Gasteiger partial charge in [0.15, 0.2) is 5.82 Å². The summed E-state index contributed by atoms with van der Waals surface area (Å²) in [6.45, 7) is 0.938. The van der Waals surface area contributed by atoms with Crippen LogP contribution >= 0.6 is 0 Å². The highest BCUT2D eigenvalue weighted by atomic mass is 16.1. The predicted molar refractivity (Wildman–Crippen MR) is 107 cm³/mol. The van der Waals surface area contributed by atoms with Crippen molar-refractivity contribution in [2.24, 2.45) is 0 Å². The molecular weight excluding hydrogens is 356 g/mol. The fraction of sp³-hybridized carbons (Fsp3) is 0.316. The molecule has 0 saturated heterocycles. The fourth-order valence-corrected chi connectivity index (χ4v) is 2.49. The number of carbonyl (C=O) groups excluding carboxylic acids is 1. The third-order valence-electron chi connectivity index (χ3n) is 4.01. The van der Waals surface area contributed by atoms with Gasteiger partial charge in [-0.2, -0.15) is 15.0 Å². The summed E-state index contributed by atoms with van der Waals surface area (Å²) in [4.78, 5) is 33.3. The minimum Gasteiger partial charge on any atom is -0.347 e. The Bertz CT molecular complexity index is 893. The Kier molecular flexibility index (Phi) is 5.83. The second kappa shape index (κ2) is 8.47. The standard InChI is InChI=1S/C19H24N8O/c1-25(2)18-22-16(23-19(24-18)26(3)4)11-21-17(28)15-7-5-14(6-8-15)12-27-10-9-20-13-27/h5-10,13H,11-12H2,1-4H3,(H,21,28). The summed E-state index contributed by atoms with van der Waals surface area (Å²) in [6.07, 6.45) is 5.41. The van der Waals surface area contributed by atoms with Gasteiger partial charge in [-0.3, -0.25) is 4.79 Å². The fourth-order valence-electron chi connectivity index (χ4n) is 2.49. The van der Waals surface area contributed by atoms with Crippen LogP contribution < -0.4 is 15.1 Å². The van der Waals surface area contributed by atoms with Gasteiger partial charge in [0.25, 0.3) is 5.91 Å². The third-order valence-corrected chi connectivity index (χ3v) is 4.01. The molecule has 0 spiro atoms. The van der Waals surface area contributed by atoms with E-state index in [1.165, 1.54) is 0 Å². The largest absolute Gasteiger partial charge is 0.347 e. The minimum atomic E-state index is -0.174. The van der Waals surface area contributed by atoms with Gasteiger partial charge in [-0.25, -0.2) is 4.98 Å². The van der Waals surface area contributed by atoms with Gasteiger partial charge in [0.2, 0.25) is 11.9 Å². The topological polar surface area (TPSA) is 92.1 Å². The second-order valence-electron chi connectivity index (χ2n) is 6.76. The Morgan fingerprint density at radius 3 is 2.18 bits per heavy atom. The number of carbonyl (C=O) groups is 1. The Labute approximate surface area is 164 Å². The lowest BCUT2D eigenvalue weighted by atomic mass is 10.1. The Balaban J connectivity index is 1.65. The molecule has 3 aromatic rings. The molecule has 146 valence electrons. The van der Waals surface area contributed by atoms with Gasteiger partial charge in [0.05, 0.1) is 12.9 Å². The molecule has 1 N–H and O–H groups in total. The summed E-state index contributed by atoms with van der Waals surface area (Å²) >= 11 is 0. The van der Waals surface area contributed by atoms with E-state index in [0.29, 0.717) is 29.8 Å². The van der Waals surface area contributed by atoms with E-state index in [9.17, 15) is 4.79 Å². The van der Waals surface area contributed by atoms with Crippen LogP contribution in [0.4, 0.5) is 11.9 Å². The highest BCUT2D eigenvalue weighted by Gasteiger charge is 2.11. The molecule has 1 amide bonds. The molecule has 0 radical (unpaired) electrons. The number of nitrogens with zero attached hydrogens (tertiary/aromatic N) is 7. The van der Waals surface area contributed by atoms with Crippen LogP contribution in [0.15, 0.2) is 43.0 Å². The van der Waals surface area contributed by atoms with E-state index in [-0.39, 0.29) is 12.5 Å². The molecule has 9 heteroatoms. The first kappa shape index (κ1) is 19.3. The lowest BCUT2D eigenvalue weighted by Gasteiger charge is -2.16. The minimum absolute atomic E-state index is 0.174. The van der Waals surface area contributed by atoms with Crippen LogP contribution in [0, 0.1) is 0 Å². The van der Waals surface area contributed by atoms with Crippen molar-refractivity contribution in [3.05, 3.63) is 59.9 Å². The maximum atomic E-state index is 12.5. The molecule has 2 aromatic heterocycles. The van der Waals surface area contributed by atoms with Crippen molar-refractivity contribution in [3.8, 4) is 0 Å². The molecule has 0 unspecified atom stereocenters. The van der Waals surface area contributed by atoms with Crippen molar-refractivity contribution >= 4 is 17.8 Å². The first-order chi connectivity index (χ1) is 13.4. The van der Waals surface area contributed by atoms with Crippen LogP contribution in [0.5, 0.6) is 0 Å². The lowest BCUT2D eigenvalue weighted by molar-refractivity contribution is 0.0950. The number of imidazole rings is 1. The molecule has 9 nitrogen and oxygen atoms in total. The van der Waals surface area contributed by atoms with E-state index >= 15 is 0 Å². The van der Waals surface area contributed by atoms with E-state index in [1.54, 1.807) is 22.3 Å². The molecule has 28 heavy (non-hydrogen) atoms. The van der Waals surface area contributed by atoms with Crippen molar-refractivity contribution in [1.82, 2.24) is 29.8 Å². The summed E-state index contributed by atoms with van der Waals surface area (Å²) in [5.74, 6) is 1.43. The predicted octanol–water partition coefficient (Wildman–Crippen LogP) is 1.18. The van der Waals surface area contributed by atoms with Gasteiger partial charge >= 0.3 is 0 Å². The monoisotopic (exact) mass is 380 g/mol. The normalized spacial score (nSPS) is 10.6. The SMILES string of the molecule is CN(C)c1nc(CNC(=O)c2ccc(Cn3ccnc3)cc2)nc(N(C)C)n1. The van der Waals surface area contributed by atoms with Crippen molar-refractivity contribution in [3.63, 3.8) is 0 Å². The van der Waals surface area contributed by atoms with Crippen LogP contribution in [0.1, 0.15) is 21.7 Å². The maximum absolute atomic E-state index is 12.5. The number of amides is 1. The number of aromatic nitrogens is 5. The zero-order valence-corrected chi connectivity index (χ0v) is 16.5. The number of hydrogen-bond donors (Lipinski definition) is 1.